The fourth-order valence-electron chi connectivity index (χ4n) is 3.15. The molecule has 0 unspecified atom stereocenters. The summed E-state index contributed by atoms with van der Waals surface area (Å²) in [6.07, 6.45) is 7.40. The highest BCUT2D eigenvalue weighted by atomic mass is 79.9. The number of hydrogen-bond donors (Lipinski definition) is 1. The molecule has 1 aromatic rings. The van der Waals surface area contributed by atoms with Crippen LogP contribution in [0, 0.1) is 24.2 Å². The molecule has 1 aliphatic carbocycles. The number of hydrogen-bond acceptors (Lipinski definition) is 2. The normalized spacial score (nSPS) is 23.6. The number of aromatic nitrogens is 1. The molecular formula is C17H27BrN2. The summed E-state index contributed by atoms with van der Waals surface area (Å²) >= 11 is 3.44. The summed E-state index contributed by atoms with van der Waals surface area (Å²) in [5.41, 5.74) is 2.81. The highest BCUT2D eigenvalue weighted by molar-refractivity contribution is 9.10. The monoisotopic (exact) mass is 338 g/mol. The molecule has 1 saturated carbocycles. The van der Waals surface area contributed by atoms with Crippen molar-refractivity contribution < 1.29 is 0 Å². The lowest BCUT2D eigenvalue weighted by Crippen LogP contribution is -2.28. The number of halogens is 1. The summed E-state index contributed by atoms with van der Waals surface area (Å²) in [5.74, 6) is 1.72. The van der Waals surface area contributed by atoms with Crippen molar-refractivity contribution in [2.45, 2.75) is 53.4 Å². The van der Waals surface area contributed by atoms with Crippen LogP contribution in [0.15, 0.2) is 16.9 Å². The summed E-state index contributed by atoms with van der Waals surface area (Å²) in [7, 11) is 0. The van der Waals surface area contributed by atoms with Crippen molar-refractivity contribution in [3.8, 4) is 0 Å². The Kier molecular flexibility index (Phi) is 5.11. The second kappa shape index (κ2) is 6.46. The molecule has 2 nitrogen and oxygen atoms in total. The van der Waals surface area contributed by atoms with E-state index in [1.165, 1.54) is 31.2 Å². The molecule has 3 heteroatoms. The number of pyridine rings is 1. The van der Waals surface area contributed by atoms with Crippen LogP contribution in [0.3, 0.4) is 0 Å². The first-order valence-electron chi connectivity index (χ1n) is 7.72. The number of rotatable bonds is 3. The second-order valence-corrected chi connectivity index (χ2v) is 8.05. The van der Waals surface area contributed by atoms with Gasteiger partial charge in [-0.05, 0) is 77.4 Å². The van der Waals surface area contributed by atoms with Crippen molar-refractivity contribution in [1.82, 2.24) is 4.98 Å². The quantitative estimate of drug-likeness (QED) is 0.744. The number of anilines is 1. The van der Waals surface area contributed by atoms with Crippen LogP contribution in [0.25, 0.3) is 0 Å². The summed E-state index contributed by atoms with van der Waals surface area (Å²) in [4.78, 5) is 4.34. The summed E-state index contributed by atoms with van der Waals surface area (Å²) in [6, 6.07) is 2.16. The van der Waals surface area contributed by atoms with Gasteiger partial charge in [-0.2, -0.15) is 0 Å². The van der Waals surface area contributed by atoms with E-state index in [-0.39, 0.29) is 0 Å². The molecule has 0 saturated heterocycles. The molecule has 0 spiro atoms. The second-order valence-electron chi connectivity index (χ2n) is 7.30. The van der Waals surface area contributed by atoms with Gasteiger partial charge >= 0.3 is 0 Å². The standard InChI is InChI=1S/C17H27BrN2/c1-12-9-15(11-20-16(12)18)19-10-13-5-7-14(8-6-13)17(2,3)4/h9,11,13-14,19H,5-8,10H2,1-4H3. The van der Waals surface area contributed by atoms with Gasteiger partial charge in [-0.15, -0.1) is 0 Å². The van der Waals surface area contributed by atoms with E-state index >= 15 is 0 Å². The molecule has 0 bridgehead atoms. The molecular weight excluding hydrogens is 312 g/mol. The van der Waals surface area contributed by atoms with E-state index in [9.17, 15) is 0 Å². The molecule has 0 atom stereocenters. The van der Waals surface area contributed by atoms with Crippen LogP contribution in [-0.4, -0.2) is 11.5 Å². The van der Waals surface area contributed by atoms with Gasteiger partial charge in [0.2, 0.25) is 0 Å². The van der Waals surface area contributed by atoms with Gasteiger partial charge in [-0.1, -0.05) is 20.8 Å². The Labute approximate surface area is 131 Å². The maximum Gasteiger partial charge on any atom is 0.109 e. The van der Waals surface area contributed by atoms with Crippen molar-refractivity contribution in [3.05, 3.63) is 22.4 Å². The summed E-state index contributed by atoms with van der Waals surface area (Å²) < 4.78 is 0.939. The van der Waals surface area contributed by atoms with Crippen molar-refractivity contribution in [1.29, 1.82) is 0 Å². The number of nitrogens with zero attached hydrogens (tertiary/aromatic N) is 1. The van der Waals surface area contributed by atoms with Crippen LogP contribution < -0.4 is 5.32 Å². The number of aryl methyl sites for hydroxylation is 1. The molecule has 1 N–H and O–H groups in total. The summed E-state index contributed by atoms with van der Waals surface area (Å²) in [6.45, 7) is 10.3. The van der Waals surface area contributed by atoms with Gasteiger partial charge in [0.05, 0.1) is 11.9 Å². The lowest BCUT2D eigenvalue weighted by Gasteiger charge is -2.37. The van der Waals surface area contributed by atoms with Gasteiger partial charge < -0.3 is 5.32 Å². The number of nitrogens with one attached hydrogen (secondary N) is 1. The van der Waals surface area contributed by atoms with Crippen LogP contribution in [-0.2, 0) is 0 Å². The molecule has 112 valence electrons. The Morgan fingerprint density at radius 2 is 1.90 bits per heavy atom. The SMILES string of the molecule is Cc1cc(NCC2CCC(C(C)(C)C)CC2)cnc1Br. The molecule has 2 rings (SSSR count). The minimum absolute atomic E-state index is 0.477. The molecule has 20 heavy (non-hydrogen) atoms. The highest BCUT2D eigenvalue weighted by Gasteiger charge is 2.29. The zero-order valence-electron chi connectivity index (χ0n) is 13.2. The van der Waals surface area contributed by atoms with E-state index in [1.807, 2.05) is 6.20 Å². The molecule has 1 fully saturated rings. The Balaban J connectivity index is 1.80. The zero-order valence-corrected chi connectivity index (χ0v) is 14.8. The van der Waals surface area contributed by atoms with Crippen LogP contribution in [0.2, 0.25) is 0 Å². The van der Waals surface area contributed by atoms with E-state index in [4.69, 9.17) is 0 Å². The molecule has 0 amide bonds. The van der Waals surface area contributed by atoms with E-state index in [1.54, 1.807) is 0 Å². The average Bonchev–Trinajstić information content (AvgIpc) is 2.40. The highest BCUT2D eigenvalue weighted by Crippen LogP contribution is 2.39. The predicted octanol–water partition coefficient (Wildman–Crippen LogP) is 5.42. The van der Waals surface area contributed by atoms with Crippen LogP contribution in [0.4, 0.5) is 5.69 Å². The Hall–Kier alpha value is -0.570. The zero-order chi connectivity index (χ0) is 14.8. The van der Waals surface area contributed by atoms with Crippen LogP contribution >= 0.6 is 15.9 Å². The van der Waals surface area contributed by atoms with Crippen molar-refractivity contribution in [2.75, 3.05) is 11.9 Å². The lowest BCUT2D eigenvalue weighted by atomic mass is 9.70. The molecule has 0 aromatic carbocycles. The van der Waals surface area contributed by atoms with Crippen molar-refractivity contribution >= 4 is 21.6 Å². The molecule has 0 aliphatic heterocycles. The average molecular weight is 339 g/mol. The van der Waals surface area contributed by atoms with Gasteiger partial charge in [0.25, 0.3) is 0 Å². The maximum atomic E-state index is 4.34. The van der Waals surface area contributed by atoms with Gasteiger partial charge in [-0.3, -0.25) is 0 Å². The first kappa shape index (κ1) is 15.8. The van der Waals surface area contributed by atoms with E-state index < -0.39 is 0 Å². The van der Waals surface area contributed by atoms with Gasteiger partial charge in [0, 0.05) is 6.54 Å². The Bertz CT molecular complexity index is 443. The smallest absolute Gasteiger partial charge is 0.109 e. The minimum atomic E-state index is 0.477. The fourth-order valence-corrected chi connectivity index (χ4v) is 3.37. The fraction of sp³-hybridized carbons (Fsp3) is 0.706. The van der Waals surface area contributed by atoms with Gasteiger partial charge in [0.1, 0.15) is 4.60 Å². The minimum Gasteiger partial charge on any atom is -0.384 e. The van der Waals surface area contributed by atoms with Gasteiger partial charge in [-0.25, -0.2) is 4.98 Å². The topological polar surface area (TPSA) is 24.9 Å². The summed E-state index contributed by atoms with van der Waals surface area (Å²) in [5, 5.41) is 3.55. The van der Waals surface area contributed by atoms with Crippen LogP contribution in [0.5, 0.6) is 0 Å². The third kappa shape index (κ3) is 4.21. The molecule has 0 radical (unpaired) electrons. The van der Waals surface area contributed by atoms with E-state index in [0.29, 0.717) is 5.41 Å². The van der Waals surface area contributed by atoms with Crippen LogP contribution in [0.1, 0.15) is 52.0 Å². The first-order valence-corrected chi connectivity index (χ1v) is 8.51. The van der Waals surface area contributed by atoms with Gasteiger partial charge in [0.15, 0.2) is 0 Å². The molecule has 1 heterocycles. The Morgan fingerprint density at radius 3 is 2.45 bits per heavy atom. The first-order chi connectivity index (χ1) is 9.36. The lowest BCUT2D eigenvalue weighted by molar-refractivity contribution is 0.153. The van der Waals surface area contributed by atoms with Crippen molar-refractivity contribution in [2.24, 2.45) is 17.3 Å². The van der Waals surface area contributed by atoms with E-state index in [2.05, 4.69) is 60.0 Å². The third-order valence-corrected chi connectivity index (χ3v) is 5.51. The predicted molar refractivity (Wildman–Crippen MR) is 90.1 cm³/mol. The molecule has 1 aromatic heterocycles. The maximum absolute atomic E-state index is 4.34. The molecule has 1 aliphatic rings. The Morgan fingerprint density at radius 1 is 1.25 bits per heavy atom. The third-order valence-electron chi connectivity index (χ3n) is 4.68. The van der Waals surface area contributed by atoms with Crippen molar-refractivity contribution in [3.63, 3.8) is 0 Å². The largest absolute Gasteiger partial charge is 0.384 e. The van der Waals surface area contributed by atoms with E-state index in [0.717, 1.165) is 28.7 Å².